The summed E-state index contributed by atoms with van der Waals surface area (Å²) in [5.74, 6) is 0.884. The van der Waals surface area contributed by atoms with Crippen molar-refractivity contribution in [2.24, 2.45) is 5.92 Å². The number of hydrogen-bond donors (Lipinski definition) is 1. The second-order valence-electron chi connectivity index (χ2n) is 5.49. The van der Waals surface area contributed by atoms with Gasteiger partial charge < -0.3 is 5.32 Å². The van der Waals surface area contributed by atoms with Gasteiger partial charge in [-0.3, -0.25) is 0 Å². The lowest BCUT2D eigenvalue weighted by atomic mass is 9.84. The summed E-state index contributed by atoms with van der Waals surface area (Å²) < 4.78 is 0. The van der Waals surface area contributed by atoms with Gasteiger partial charge in [0.2, 0.25) is 0 Å². The summed E-state index contributed by atoms with van der Waals surface area (Å²) in [6.45, 7) is 4.63. The first-order valence-electron chi connectivity index (χ1n) is 7.08. The predicted octanol–water partition coefficient (Wildman–Crippen LogP) is 4.31. The molecule has 0 amide bonds. The lowest BCUT2D eigenvalue weighted by Crippen LogP contribution is -2.36. The Kier molecular flexibility index (Phi) is 4.61. The largest absolute Gasteiger partial charge is 0.307 e. The highest BCUT2D eigenvalue weighted by molar-refractivity contribution is 5.18. The van der Waals surface area contributed by atoms with Crippen LogP contribution in [0.1, 0.15) is 57.6 Å². The number of benzene rings is 1. The minimum atomic E-state index is 0.466. The molecular formula is C16H25N. The molecule has 1 N–H and O–H groups in total. The summed E-state index contributed by atoms with van der Waals surface area (Å²) in [4.78, 5) is 0. The second-order valence-corrected chi connectivity index (χ2v) is 5.49. The second kappa shape index (κ2) is 6.20. The van der Waals surface area contributed by atoms with Crippen molar-refractivity contribution < 1.29 is 0 Å². The van der Waals surface area contributed by atoms with E-state index in [1.54, 1.807) is 0 Å². The molecule has 0 bridgehead atoms. The Morgan fingerprint density at radius 2 is 1.65 bits per heavy atom. The minimum absolute atomic E-state index is 0.466. The van der Waals surface area contributed by atoms with Crippen LogP contribution in [0, 0.1) is 5.92 Å². The highest BCUT2D eigenvalue weighted by Crippen LogP contribution is 2.27. The van der Waals surface area contributed by atoms with Gasteiger partial charge in [-0.15, -0.1) is 0 Å². The Morgan fingerprint density at radius 3 is 2.29 bits per heavy atom. The molecule has 1 unspecified atom stereocenters. The van der Waals surface area contributed by atoms with Crippen LogP contribution in [0.5, 0.6) is 0 Å². The van der Waals surface area contributed by atoms with Crippen LogP contribution >= 0.6 is 0 Å². The van der Waals surface area contributed by atoms with E-state index in [0.29, 0.717) is 12.1 Å². The third-order valence-corrected chi connectivity index (χ3v) is 4.17. The average Bonchev–Trinajstić information content (AvgIpc) is 2.40. The van der Waals surface area contributed by atoms with Gasteiger partial charge in [-0.25, -0.2) is 0 Å². The van der Waals surface area contributed by atoms with Crippen molar-refractivity contribution in [1.82, 2.24) is 5.32 Å². The molecule has 1 fully saturated rings. The van der Waals surface area contributed by atoms with Crippen LogP contribution in [0.2, 0.25) is 0 Å². The smallest absolute Gasteiger partial charge is 0.0294 e. The van der Waals surface area contributed by atoms with Crippen LogP contribution in [-0.4, -0.2) is 6.04 Å². The topological polar surface area (TPSA) is 12.0 Å². The molecule has 2 atom stereocenters. The van der Waals surface area contributed by atoms with E-state index in [-0.39, 0.29) is 0 Å². The maximum absolute atomic E-state index is 3.77. The Morgan fingerprint density at radius 1 is 1.00 bits per heavy atom. The number of nitrogens with one attached hydrogen (secondary N) is 1. The van der Waals surface area contributed by atoms with Gasteiger partial charge >= 0.3 is 0 Å². The monoisotopic (exact) mass is 231 g/mol. The number of rotatable bonds is 4. The summed E-state index contributed by atoms with van der Waals surface area (Å²) >= 11 is 0. The summed E-state index contributed by atoms with van der Waals surface area (Å²) in [5, 5.41) is 3.77. The van der Waals surface area contributed by atoms with Gasteiger partial charge in [-0.1, -0.05) is 49.6 Å². The molecule has 0 aromatic heterocycles. The molecule has 0 aliphatic heterocycles. The van der Waals surface area contributed by atoms with Crippen LogP contribution in [0.25, 0.3) is 0 Å². The Hall–Kier alpha value is -0.820. The summed E-state index contributed by atoms with van der Waals surface area (Å²) in [6, 6.07) is 11.9. The molecule has 0 radical (unpaired) electrons. The molecule has 1 nitrogen and oxygen atoms in total. The van der Waals surface area contributed by atoms with E-state index in [9.17, 15) is 0 Å². The van der Waals surface area contributed by atoms with Gasteiger partial charge in [0.05, 0.1) is 0 Å². The Balaban J connectivity index is 1.87. The van der Waals surface area contributed by atoms with E-state index in [1.807, 2.05) is 0 Å². The molecule has 2 rings (SSSR count). The molecule has 1 saturated carbocycles. The SMILES string of the molecule is CC(N[C@H](C)c1ccccc1)C1CCCCC1. The van der Waals surface area contributed by atoms with Crippen LogP contribution in [0.4, 0.5) is 0 Å². The van der Waals surface area contributed by atoms with Crippen LogP contribution in [-0.2, 0) is 0 Å². The Bertz CT molecular complexity index is 314. The van der Waals surface area contributed by atoms with Gasteiger partial charge in [-0.05, 0) is 38.2 Å². The molecule has 1 aliphatic carbocycles. The zero-order valence-corrected chi connectivity index (χ0v) is 11.2. The van der Waals surface area contributed by atoms with Crippen LogP contribution in [0.3, 0.4) is 0 Å². The molecule has 0 heterocycles. The molecule has 0 spiro atoms. The molecule has 1 aromatic rings. The van der Waals surface area contributed by atoms with Crippen LogP contribution in [0.15, 0.2) is 30.3 Å². The molecule has 1 heteroatoms. The minimum Gasteiger partial charge on any atom is -0.307 e. The first kappa shape index (κ1) is 12.6. The van der Waals surface area contributed by atoms with Gasteiger partial charge in [0, 0.05) is 12.1 Å². The van der Waals surface area contributed by atoms with Gasteiger partial charge in [0.15, 0.2) is 0 Å². The van der Waals surface area contributed by atoms with Crippen molar-refractivity contribution in [3.63, 3.8) is 0 Å². The molecule has 0 saturated heterocycles. The van der Waals surface area contributed by atoms with Crippen molar-refractivity contribution in [1.29, 1.82) is 0 Å². The van der Waals surface area contributed by atoms with E-state index in [2.05, 4.69) is 49.5 Å². The molecule has 94 valence electrons. The number of hydrogen-bond acceptors (Lipinski definition) is 1. The zero-order chi connectivity index (χ0) is 12.1. The van der Waals surface area contributed by atoms with Crippen molar-refractivity contribution in [2.45, 2.75) is 58.0 Å². The van der Waals surface area contributed by atoms with E-state index < -0.39 is 0 Å². The lowest BCUT2D eigenvalue weighted by molar-refractivity contribution is 0.268. The first-order valence-corrected chi connectivity index (χ1v) is 7.08. The Labute approximate surface area is 106 Å². The molecule has 1 aromatic carbocycles. The average molecular weight is 231 g/mol. The molecule has 17 heavy (non-hydrogen) atoms. The fourth-order valence-electron chi connectivity index (χ4n) is 3.00. The van der Waals surface area contributed by atoms with Crippen LogP contribution < -0.4 is 5.32 Å². The van der Waals surface area contributed by atoms with Crippen molar-refractivity contribution in [2.75, 3.05) is 0 Å². The normalized spacial score (nSPS) is 21.1. The van der Waals surface area contributed by atoms with Gasteiger partial charge in [0.1, 0.15) is 0 Å². The molecule has 1 aliphatic rings. The van der Waals surface area contributed by atoms with Gasteiger partial charge in [-0.2, -0.15) is 0 Å². The van der Waals surface area contributed by atoms with E-state index in [1.165, 1.54) is 37.7 Å². The third kappa shape index (κ3) is 3.57. The third-order valence-electron chi connectivity index (χ3n) is 4.17. The summed E-state index contributed by atoms with van der Waals surface area (Å²) in [7, 11) is 0. The maximum Gasteiger partial charge on any atom is 0.0294 e. The fraction of sp³-hybridized carbons (Fsp3) is 0.625. The van der Waals surface area contributed by atoms with E-state index in [4.69, 9.17) is 0 Å². The van der Waals surface area contributed by atoms with E-state index in [0.717, 1.165) is 5.92 Å². The summed E-state index contributed by atoms with van der Waals surface area (Å²) in [5.41, 5.74) is 1.40. The first-order chi connectivity index (χ1) is 8.27. The highest BCUT2D eigenvalue weighted by Gasteiger charge is 2.21. The van der Waals surface area contributed by atoms with Gasteiger partial charge in [0.25, 0.3) is 0 Å². The van der Waals surface area contributed by atoms with E-state index >= 15 is 0 Å². The van der Waals surface area contributed by atoms with Crippen molar-refractivity contribution >= 4 is 0 Å². The van der Waals surface area contributed by atoms with Crippen molar-refractivity contribution in [3.05, 3.63) is 35.9 Å². The predicted molar refractivity (Wildman–Crippen MR) is 74.0 cm³/mol. The fourth-order valence-corrected chi connectivity index (χ4v) is 3.00. The highest BCUT2D eigenvalue weighted by atomic mass is 14.9. The maximum atomic E-state index is 3.77. The quantitative estimate of drug-likeness (QED) is 0.814. The summed E-state index contributed by atoms with van der Waals surface area (Å²) in [6.07, 6.45) is 7.12. The standard InChI is InChI=1S/C16H25N/c1-13(15-9-5-3-6-10-15)17-14(2)16-11-7-4-8-12-16/h3,5-6,9-10,13-14,16-17H,4,7-8,11-12H2,1-2H3/t13-,14?/m1/s1. The lowest BCUT2D eigenvalue weighted by Gasteiger charge is -2.30. The van der Waals surface area contributed by atoms with Crippen molar-refractivity contribution in [3.8, 4) is 0 Å². The zero-order valence-electron chi connectivity index (χ0n) is 11.2. The molecular weight excluding hydrogens is 206 g/mol.